The number of carboxylic acid groups (broad SMARTS) is 1. The third-order valence-electron chi connectivity index (χ3n) is 2.29. The molecule has 114 valence electrons. The van der Waals surface area contributed by atoms with Gasteiger partial charge in [-0.15, -0.1) is 0 Å². The zero-order valence-corrected chi connectivity index (χ0v) is 12.9. The van der Waals surface area contributed by atoms with E-state index in [0.717, 1.165) is 0 Å². The highest BCUT2D eigenvalue weighted by Crippen LogP contribution is 2.14. The van der Waals surface area contributed by atoms with Gasteiger partial charge in [-0.1, -0.05) is 23.7 Å². The van der Waals surface area contributed by atoms with Gasteiger partial charge in [-0.3, -0.25) is 0 Å². The normalized spacial score (nSPS) is 11.9. The Bertz CT molecular complexity index is 561. The van der Waals surface area contributed by atoms with Crippen LogP contribution in [0.1, 0.15) is 26.3 Å². The van der Waals surface area contributed by atoms with Gasteiger partial charge in [0, 0.05) is 5.02 Å². The smallest absolute Gasteiger partial charge is 0.407 e. The Morgan fingerprint density at radius 3 is 2.57 bits per heavy atom. The first-order valence-corrected chi connectivity index (χ1v) is 6.71. The second-order valence-electron chi connectivity index (χ2n) is 5.39. The lowest BCUT2D eigenvalue weighted by Crippen LogP contribution is -2.34. The zero-order chi connectivity index (χ0) is 16.0. The number of carbonyl (C=O) groups is 2. The Hall–Kier alpha value is -2.01. The number of carbonyl (C=O) groups excluding carboxylic acids is 1. The van der Waals surface area contributed by atoms with E-state index in [1.807, 2.05) is 0 Å². The van der Waals surface area contributed by atoms with E-state index in [2.05, 4.69) is 5.32 Å². The molecule has 0 aliphatic rings. The summed E-state index contributed by atoms with van der Waals surface area (Å²) >= 11 is 5.84. The third-order valence-corrected chi connectivity index (χ3v) is 2.52. The second-order valence-corrected chi connectivity index (χ2v) is 5.82. The quantitative estimate of drug-likeness (QED) is 0.836. The van der Waals surface area contributed by atoms with Crippen LogP contribution < -0.4 is 5.32 Å². The van der Waals surface area contributed by atoms with Gasteiger partial charge in [-0.05, 0) is 44.5 Å². The number of amides is 1. The van der Waals surface area contributed by atoms with Gasteiger partial charge in [0.15, 0.2) is 0 Å². The molecule has 5 nitrogen and oxygen atoms in total. The number of nitrogens with one attached hydrogen (secondary N) is 1. The van der Waals surface area contributed by atoms with Gasteiger partial charge < -0.3 is 15.2 Å². The van der Waals surface area contributed by atoms with E-state index in [0.29, 0.717) is 10.6 Å². The molecule has 0 bridgehead atoms. The fourth-order valence-electron chi connectivity index (χ4n) is 1.47. The Morgan fingerprint density at radius 2 is 2.05 bits per heavy atom. The molecule has 0 atom stereocenters. The molecule has 1 rings (SSSR count). The summed E-state index contributed by atoms with van der Waals surface area (Å²) < 4.78 is 5.05. The van der Waals surface area contributed by atoms with Crippen LogP contribution >= 0.6 is 11.6 Å². The monoisotopic (exact) mass is 311 g/mol. The van der Waals surface area contributed by atoms with Crippen molar-refractivity contribution >= 4 is 29.7 Å². The Balaban J connectivity index is 2.75. The SMILES string of the molecule is CC(C)(C)OC(=O)NCC(=Cc1cccc(Cl)c1)C(=O)O. The number of ether oxygens (including phenoxy) is 1. The zero-order valence-electron chi connectivity index (χ0n) is 12.1. The van der Waals surface area contributed by atoms with Crippen LogP contribution in [0.4, 0.5) is 4.79 Å². The number of alkyl carbamates (subject to hydrolysis) is 1. The Kier molecular flexibility index (Phi) is 5.79. The van der Waals surface area contributed by atoms with Gasteiger partial charge in [0.05, 0.1) is 12.1 Å². The van der Waals surface area contributed by atoms with Crippen LogP contribution in [0.3, 0.4) is 0 Å². The van der Waals surface area contributed by atoms with Crippen LogP contribution in [0.25, 0.3) is 6.08 Å². The first kappa shape index (κ1) is 17.0. The average molecular weight is 312 g/mol. The molecule has 0 aliphatic heterocycles. The van der Waals surface area contributed by atoms with E-state index in [-0.39, 0.29) is 12.1 Å². The summed E-state index contributed by atoms with van der Waals surface area (Å²) in [5.41, 5.74) is 0.0402. The number of hydrogen-bond acceptors (Lipinski definition) is 3. The van der Waals surface area contributed by atoms with Gasteiger partial charge in [-0.25, -0.2) is 9.59 Å². The van der Waals surface area contributed by atoms with E-state index in [1.165, 1.54) is 6.08 Å². The predicted octanol–water partition coefficient (Wildman–Crippen LogP) is 3.33. The lowest BCUT2D eigenvalue weighted by atomic mass is 10.1. The number of aliphatic carboxylic acids is 1. The standard InChI is InChI=1S/C15H18ClNO4/c1-15(2,3)21-14(20)17-9-11(13(18)19)7-10-5-4-6-12(16)8-10/h4-8H,9H2,1-3H3,(H,17,20)(H,18,19). The van der Waals surface area contributed by atoms with Crippen molar-refractivity contribution in [2.24, 2.45) is 0 Å². The lowest BCUT2D eigenvalue weighted by molar-refractivity contribution is -0.132. The molecular weight excluding hydrogens is 294 g/mol. The van der Waals surface area contributed by atoms with Crippen LogP contribution in [0, 0.1) is 0 Å². The molecule has 0 saturated heterocycles. The molecule has 0 aliphatic carbocycles. The average Bonchev–Trinajstić information content (AvgIpc) is 2.32. The van der Waals surface area contributed by atoms with Gasteiger partial charge in [0.2, 0.25) is 0 Å². The largest absolute Gasteiger partial charge is 0.478 e. The highest BCUT2D eigenvalue weighted by molar-refractivity contribution is 6.30. The van der Waals surface area contributed by atoms with Crippen LogP contribution in [0.5, 0.6) is 0 Å². The maximum Gasteiger partial charge on any atom is 0.407 e. The summed E-state index contributed by atoms with van der Waals surface area (Å²) in [6.45, 7) is 5.04. The fraction of sp³-hybridized carbons (Fsp3) is 0.333. The number of rotatable bonds is 4. The van der Waals surface area contributed by atoms with Crippen LogP contribution in [-0.4, -0.2) is 29.3 Å². The van der Waals surface area contributed by atoms with Gasteiger partial charge in [-0.2, -0.15) is 0 Å². The molecule has 6 heteroatoms. The van der Waals surface area contributed by atoms with Gasteiger partial charge in [0.25, 0.3) is 0 Å². The van der Waals surface area contributed by atoms with Crippen LogP contribution in [-0.2, 0) is 9.53 Å². The first-order chi connectivity index (χ1) is 9.67. The first-order valence-electron chi connectivity index (χ1n) is 6.33. The molecule has 2 N–H and O–H groups in total. The Morgan fingerprint density at radius 1 is 1.38 bits per heavy atom. The molecule has 0 heterocycles. The predicted molar refractivity (Wildman–Crippen MR) is 81.3 cm³/mol. The Labute approximate surface area is 128 Å². The van der Waals surface area contributed by atoms with E-state index >= 15 is 0 Å². The van der Waals surface area contributed by atoms with Gasteiger partial charge in [0.1, 0.15) is 5.60 Å². The van der Waals surface area contributed by atoms with E-state index in [4.69, 9.17) is 21.4 Å². The minimum Gasteiger partial charge on any atom is -0.478 e. The van der Waals surface area contributed by atoms with Gasteiger partial charge >= 0.3 is 12.1 Å². The lowest BCUT2D eigenvalue weighted by Gasteiger charge is -2.19. The molecule has 0 spiro atoms. The molecule has 1 amide bonds. The molecule has 0 aromatic heterocycles. The molecule has 21 heavy (non-hydrogen) atoms. The molecule has 0 saturated carbocycles. The van der Waals surface area contributed by atoms with Crippen molar-refractivity contribution < 1.29 is 19.4 Å². The molecule has 1 aromatic rings. The summed E-state index contributed by atoms with van der Waals surface area (Å²) in [5.74, 6) is -1.12. The molecular formula is C15H18ClNO4. The summed E-state index contributed by atoms with van der Waals surface area (Å²) in [5, 5.41) is 12.1. The summed E-state index contributed by atoms with van der Waals surface area (Å²) in [4.78, 5) is 22.7. The molecule has 0 radical (unpaired) electrons. The maximum absolute atomic E-state index is 11.5. The minimum absolute atomic E-state index is 0.0307. The second kappa shape index (κ2) is 7.13. The van der Waals surface area contributed by atoms with Crippen molar-refractivity contribution in [3.05, 3.63) is 40.4 Å². The van der Waals surface area contributed by atoms with Crippen molar-refractivity contribution in [2.75, 3.05) is 6.54 Å². The van der Waals surface area contributed by atoms with Crippen molar-refractivity contribution in [2.45, 2.75) is 26.4 Å². The van der Waals surface area contributed by atoms with Crippen molar-refractivity contribution in [1.82, 2.24) is 5.32 Å². The molecule has 0 unspecified atom stereocenters. The highest BCUT2D eigenvalue weighted by Gasteiger charge is 2.17. The summed E-state index contributed by atoms with van der Waals surface area (Å²) in [7, 11) is 0. The van der Waals surface area contributed by atoms with E-state index in [9.17, 15) is 9.59 Å². The van der Waals surface area contributed by atoms with Crippen molar-refractivity contribution in [3.8, 4) is 0 Å². The van der Waals surface area contributed by atoms with E-state index in [1.54, 1.807) is 45.0 Å². The van der Waals surface area contributed by atoms with E-state index < -0.39 is 17.7 Å². The molecule has 1 aromatic carbocycles. The highest BCUT2D eigenvalue weighted by atomic mass is 35.5. The van der Waals surface area contributed by atoms with Crippen molar-refractivity contribution in [3.63, 3.8) is 0 Å². The number of halogens is 1. The van der Waals surface area contributed by atoms with Crippen LogP contribution in [0.2, 0.25) is 5.02 Å². The van der Waals surface area contributed by atoms with Crippen LogP contribution in [0.15, 0.2) is 29.8 Å². The van der Waals surface area contributed by atoms with Crippen molar-refractivity contribution in [1.29, 1.82) is 0 Å². The number of hydrogen-bond donors (Lipinski definition) is 2. The number of benzene rings is 1. The molecule has 0 fully saturated rings. The minimum atomic E-state index is -1.12. The summed E-state index contributed by atoms with van der Waals surface area (Å²) in [6.07, 6.45) is 0.784. The third kappa shape index (κ3) is 6.81. The topological polar surface area (TPSA) is 75.6 Å². The fourth-order valence-corrected chi connectivity index (χ4v) is 1.67. The number of carboxylic acids is 1. The maximum atomic E-state index is 11.5. The summed E-state index contributed by atoms with van der Waals surface area (Å²) in [6, 6.07) is 6.77.